The Labute approximate surface area is 80.5 Å². The minimum Gasteiger partial charge on any atom is -0.483 e. The van der Waals surface area contributed by atoms with E-state index in [0.29, 0.717) is 6.10 Å². The van der Waals surface area contributed by atoms with E-state index in [4.69, 9.17) is 4.74 Å². The zero-order valence-electron chi connectivity index (χ0n) is 8.17. The van der Waals surface area contributed by atoms with Gasteiger partial charge in [-0.15, -0.1) is 0 Å². The van der Waals surface area contributed by atoms with Crippen LogP contribution in [0, 0.1) is 0 Å². The minimum absolute atomic E-state index is 0.476. The summed E-state index contributed by atoms with van der Waals surface area (Å²) in [6.07, 6.45) is 16.4. The van der Waals surface area contributed by atoms with E-state index < -0.39 is 0 Å². The molecule has 1 fully saturated rings. The largest absolute Gasteiger partial charge is 0.483 e. The molecule has 13 heavy (non-hydrogen) atoms. The van der Waals surface area contributed by atoms with Crippen molar-refractivity contribution in [3.63, 3.8) is 0 Å². The number of hydrogen-bond donors (Lipinski definition) is 0. The van der Waals surface area contributed by atoms with Crippen molar-refractivity contribution >= 4 is 0 Å². The van der Waals surface area contributed by atoms with Gasteiger partial charge in [-0.2, -0.15) is 0 Å². The molecule has 1 saturated heterocycles. The highest BCUT2D eigenvalue weighted by Crippen LogP contribution is 2.31. The summed E-state index contributed by atoms with van der Waals surface area (Å²) < 4.78 is 5.44. The standard InChI is InChI=1S/C12H18O/c1-2-4-6-8-10-12-11(13-12)9-7-5-3-1/h5,7,9,12H,1-4,6,8,10H2/b7-5+,11-9-. The van der Waals surface area contributed by atoms with Crippen LogP contribution in [-0.4, -0.2) is 6.10 Å². The summed E-state index contributed by atoms with van der Waals surface area (Å²) in [7, 11) is 0. The molecule has 0 aromatic rings. The molecule has 0 bridgehead atoms. The Morgan fingerprint density at radius 1 is 1.08 bits per heavy atom. The maximum absolute atomic E-state index is 5.44. The summed E-state index contributed by atoms with van der Waals surface area (Å²) >= 11 is 0. The smallest absolute Gasteiger partial charge is 0.155 e. The molecule has 1 heteroatoms. The van der Waals surface area contributed by atoms with Crippen LogP contribution in [0.15, 0.2) is 24.0 Å². The zero-order chi connectivity index (χ0) is 8.93. The van der Waals surface area contributed by atoms with E-state index in [-0.39, 0.29) is 0 Å². The molecule has 1 aliphatic heterocycles. The van der Waals surface area contributed by atoms with Gasteiger partial charge in [-0.25, -0.2) is 0 Å². The average Bonchev–Trinajstić information content (AvgIpc) is 2.83. The van der Waals surface area contributed by atoms with Gasteiger partial charge in [-0.1, -0.05) is 31.4 Å². The van der Waals surface area contributed by atoms with Crippen molar-refractivity contribution in [2.24, 2.45) is 0 Å². The van der Waals surface area contributed by atoms with Crippen LogP contribution in [0.1, 0.15) is 44.9 Å². The molecule has 1 aliphatic carbocycles. The van der Waals surface area contributed by atoms with E-state index in [9.17, 15) is 0 Å². The van der Waals surface area contributed by atoms with Gasteiger partial charge in [-0.05, 0) is 31.8 Å². The van der Waals surface area contributed by atoms with Crippen LogP contribution < -0.4 is 0 Å². The molecule has 2 aliphatic rings. The molecule has 1 unspecified atom stereocenters. The van der Waals surface area contributed by atoms with Gasteiger partial charge < -0.3 is 4.74 Å². The van der Waals surface area contributed by atoms with Crippen molar-refractivity contribution in [3.8, 4) is 0 Å². The quantitative estimate of drug-likeness (QED) is 0.517. The fourth-order valence-electron chi connectivity index (χ4n) is 1.86. The monoisotopic (exact) mass is 178 g/mol. The fourth-order valence-corrected chi connectivity index (χ4v) is 1.86. The van der Waals surface area contributed by atoms with E-state index in [1.54, 1.807) is 0 Å². The van der Waals surface area contributed by atoms with E-state index in [2.05, 4.69) is 18.2 Å². The minimum atomic E-state index is 0.476. The van der Waals surface area contributed by atoms with Crippen LogP contribution in [0.4, 0.5) is 0 Å². The first-order valence-corrected chi connectivity index (χ1v) is 5.50. The average molecular weight is 178 g/mol. The predicted octanol–water partition coefficient (Wildman–Crippen LogP) is 3.57. The molecular formula is C12H18O. The number of epoxide rings is 1. The molecule has 0 aromatic carbocycles. The number of hydrogen-bond acceptors (Lipinski definition) is 1. The zero-order valence-corrected chi connectivity index (χ0v) is 8.17. The van der Waals surface area contributed by atoms with Gasteiger partial charge >= 0.3 is 0 Å². The Bertz CT molecular complexity index is 215. The molecule has 0 spiro atoms. The normalized spacial score (nSPS) is 35.4. The second-order valence-electron chi connectivity index (χ2n) is 3.95. The Hall–Kier alpha value is -0.720. The third-order valence-corrected chi connectivity index (χ3v) is 2.77. The van der Waals surface area contributed by atoms with Crippen molar-refractivity contribution in [3.05, 3.63) is 24.0 Å². The van der Waals surface area contributed by atoms with Gasteiger partial charge in [0.25, 0.3) is 0 Å². The first-order valence-electron chi connectivity index (χ1n) is 5.50. The molecule has 0 aromatic heterocycles. The molecule has 0 radical (unpaired) electrons. The highest BCUT2D eigenvalue weighted by molar-refractivity contribution is 5.20. The molecule has 2 rings (SSSR count). The molecule has 72 valence electrons. The van der Waals surface area contributed by atoms with Crippen LogP contribution in [0.3, 0.4) is 0 Å². The lowest BCUT2D eigenvalue weighted by Gasteiger charge is -1.98. The number of ether oxygens (including phenoxy) is 1. The topological polar surface area (TPSA) is 12.5 Å². The Morgan fingerprint density at radius 3 is 2.92 bits per heavy atom. The van der Waals surface area contributed by atoms with E-state index in [1.807, 2.05) is 0 Å². The highest BCUT2D eigenvalue weighted by Gasteiger charge is 2.30. The summed E-state index contributed by atoms with van der Waals surface area (Å²) in [6.45, 7) is 0. The van der Waals surface area contributed by atoms with Gasteiger partial charge in [0, 0.05) is 0 Å². The molecule has 1 atom stereocenters. The lowest BCUT2D eigenvalue weighted by molar-refractivity contribution is 0.401. The summed E-state index contributed by atoms with van der Waals surface area (Å²) in [5, 5.41) is 0. The maximum Gasteiger partial charge on any atom is 0.155 e. The van der Waals surface area contributed by atoms with Gasteiger partial charge in [-0.3, -0.25) is 0 Å². The lowest BCUT2D eigenvalue weighted by Crippen LogP contribution is -1.86. The van der Waals surface area contributed by atoms with Crippen LogP contribution >= 0.6 is 0 Å². The summed E-state index contributed by atoms with van der Waals surface area (Å²) in [4.78, 5) is 0. The predicted molar refractivity (Wildman–Crippen MR) is 54.4 cm³/mol. The first-order chi connectivity index (χ1) is 6.47. The SMILES string of the molecule is C1=C2\OC2CCCCCCC/C=C/1. The maximum atomic E-state index is 5.44. The Kier molecular flexibility index (Phi) is 3.07. The van der Waals surface area contributed by atoms with Crippen molar-refractivity contribution in [2.75, 3.05) is 0 Å². The fraction of sp³-hybridized carbons (Fsp3) is 0.667. The molecular weight excluding hydrogens is 160 g/mol. The van der Waals surface area contributed by atoms with Gasteiger partial charge in [0.05, 0.1) is 0 Å². The molecule has 0 amide bonds. The first kappa shape index (κ1) is 8.86. The second kappa shape index (κ2) is 4.50. The molecule has 0 N–H and O–H groups in total. The van der Waals surface area contributed by atoms with Gasteiger partial charge in [0.2, 0.25) is 0 Å². The number of fused-ring (bicyclic) bond motifs is 1. The van der Waals surface area contributed by atoms with Crippen LogP contribution in [-0.2, 0) is 4.74 Å². The van der Waals surface area contributed by atoms with Gasteiger partial charge in [0.1, 0.15) is 5.76 Å². The van der Waals surface area contributed by atoms with Gasteiger partial charge in [0.15, 0.2) is 6.10 Å². The van der Waals surface area contributed by atoms with Crippen LogP contribution in [0.25, 0.3) is 0 Å². The summed E-state index contributed by atoms with van der Waals surface area (Å²) in [6, 6.07) is 0. The highest BCUT2D eigenvalue weighted by atomic mass is 16.6. The molecule has 0 saturated carbocycles. The van der Waals surface area contributed by atoms with Crippen molar-refractivity contribution < 1.29 is 4.74 Å². The van der Waals surface area contributed by atoms with Crippen molar-refractivity contribution in [1.29, 1.82) is 0 Å². The van der Waals surface area contributed by atoms with E-state index >= 15 is 0 Å². The second-order valence-corrected chi connectivity index (χ2v) is 3.95. The lowest BCUT2D eigenvalue weighted by atomic mass is 10.1. The Morgan fingerprint density at radius 2 is 1.92 bits per heavy atom. The summed E-state index contributed by atoms with van der Waals surface area (Å²) in [5.74, 6) is 1.21. The van der Waals surface area contributed by atoms with Crippen molar-refractivity contribution in [1.82, 2.24) is 0 Å². The van der Waals surface area contributed by atoms with E-state index in [0.717, 1.165) is 0 Å². The third kappa shape index (κ3) is 2.91. The third-order valence-electron chi connectivity index (χ3n) is 2.77. The molecule has 1 nitrogen and oxygen atoms in total. The number of allylic oxidation sites excluding steroid dienone is 3. The summed E-state index contributed by atoms with van der Waals surface area (Å²) in [5.41, 5.74) is 0. The van der Waals surface area contributed by atoms with E-state index in [1.165, 1.54) is 50.7 Å². The van der Waals surface area contributed by atoms with Crippen molar-refractivity contribution in [2.45, 2.75) is 51.0 Å². The van der Waals surface area contributed by atoms with Crippen LogP contribution in [0.2, 0.25) is 0 Å². The number of rotatable bonds is 0. The molecule has 1 heterocycles. The Balaban J connectivity index is 1.84. The van der Waals surface area contributed by atoms with Crippen LogP contribution in [0.5, 0.6) is 0 Å².